The monoisotopic (exact) mass is 384 g/mol. The Kier molecular flexibility index (Phi) is 5.60. The summed E-state index contributed by atoms with van der Waals surface area (Å²) in [5, 5.41) is 2.92. The first-order valence-electron chi connectivity index (χ1n) is 9.32. The molecule has 3 N–H and O–H groups in total. The number of nitrogens with two attached hydrogens (primary N) is 1. The van der Waals surface area contributed by atoms with Crippen LogP contribution in [0.5, 0.6) is 0 Å². The van der Waals surface area contributed by atoms with Gasteiger partial charge in [0.25, 0.3) is 17.1 Å². The van der Waals surface area contributed by atoms with Crippen molar-refractivity contribution in [1.82, 2.24) is 14.7 Å². The lowest BCUT2D eigenvalue weighted by Gasteiger charge is -2.12. The summed E-state index contributed by atoms with van der Waals surface area (Å²) in [6.07, 6.45) is 2.48. The van der Waals surface area contributed by atoms with Gasteiger partial charge in [0.15, 0.2) is 0 Å². The van der Waals surface area contributed by atoms with Crippen LogP contribution in [0, 0.1) is 6.92 Å². The van der Waals surface area contributed by atoms with Gasteiger partial charge in [-0.1, -0.05) is 11.1 Å². The SMILES string of the molecule is CNC(=O)c1cc2c(=O)n3cccc(C)c3nc2[n+](CCCOC(C)C)c1N. The summed E-state index contributed by atoms with van der Waals surface area (Å²) in [6.45, 7) is 6.87. The van der Waals surface area contributed by atoms with E-state index < -0.39 is 0 Å². The van der Waals surface area contributed by atoms with E-state index in [4.69, 9.17) is 15.5 Å². The van der Waals surface area contributed by atoms with E-state index in [1.165, 1.54) is 17.5 Å². The summed E-state index contributed by atoms with van der Waals surface area (Å²) in [4.78, 5) is 30.1. The van der Waals surface area contributed by atoms with Crippen molar-refractivity contribution in [3.63, 3.8) is 0 Å². The molecule has 0 saturated carbocycles. The zero-order valence-electron chi connectivity index (χ0n) is 16.7. The van der Waals surface area contributed by atoms with E-state index in [1.54, 1.807) is 16.8 Å². The lowest BCUT2D eigenvalue weighted by atomic mass is 10.1. The predicted molar refractivity (Wildman–Crippen MR) is 107 cm³/mol. The summed E-state index contributed by atoms with van der Waals surface area (Å²) < 4.78 is 8.84. The minimum absolute atomic E-state index is 0.130. The van der Waals surface area contributed by atoms with Crippen LogP contribution >= 0.6 is 0 Å². The fraction of sp³-hybridized carbons (Fsp3) is 0.400. The molecule has 0 spiro atoms. The van der Waals surface area contributed by atoms with Crippen LogP contribution in [0.4, 0.5) is 5.82 Å². The number of nitrogens with one attached hydrogen (secondary N) is 1. The van der Waals surface area contributed by atoms with Gasteiger partial charge in [0.2, 0.25) is 11.5 Å². The van der Waals surface area contributed by atoms with E-state index in [0.717, 1.165) is 5.56 Å². The molecule has 8 nitrogen and oxygen atoms in total. The number of fused-ring (bicyclic) bond motifs is 2. The third-order valence-corrected chi connectivity index (χ3v) is 4.62. The molecule has 148 valence electrons. The molecule has 1 amide bonds. The number of aryl methyl sites for hydroxylation is 2. The molecule has 0 saturated heterocycles. The minimum atomic E-state index is -0.347. The molecule has 0 aromatic carbocycles. The van der Waals surface area contributed by atoms with E-state index >= 15 is 0 Å². The first-order chi connectivity index (χ1) is 13.3. The Hall–Kier alpha value is -3.00. The van der Waals surface area contributed by atoms with E-state index in [2.05, 4.69) is 5.32 Å². The van der Waals surface area contributed by atoms with Crippen LogP contribution in [0.2, 0.25) is 0 Å². The highest BCUT2D eigenvalue weighted by atomic mass is 16.5. The first-order valence-corrected chi connectivity index (χ1v) is 9.32. The molecule has 3 aromatic heterocycles. The maximum Gasteiger partial charge on any atom is 0.278 e. The largest absolute Gasteiger partial charge is 0.379 e. The van der Waals surface area contributed by atoms with Gasteiger partial charge in [-0.3, -0.25) is 14.0 Å². The second-order valence-electron chi connectivity index (χ2n) is 6.99. The molecule has 0 radical (unpaired) electrons. The molecule has 0 bridgehead atoms. The number of nitrogen functional groups attached to an aromatic ring is 1. The van der Waals surface area contributed by atoms with Gasteiger partial charge in [-0.15, -0.1) is 0 Å². The van der Waals surface area contributed by atoms with Crippen molar-refractivity contribution in [2.45, 2.75) is 39.8 Å². The minimum Gasteiger partial charge on any atom is -0.379 e. The molecule has 0 aliphatic carbocycles. The lowest BCUT2D eigenvalue weighted by molar-refractivity contribution is -0.659. The fourth-order valence-corrected chi connectivity index (χ4v) is 3.19. The third kappa shape index (κ3) is 3.55. The molecule has 28 heavy (non-hydrogen) atoms. The average Bonchev–Trinajstić information content (AvgIpc) is 2.66. The quantitative estimate of drug-likeness (QED) is 0.378. The summed E-state index contributed by atoms with van der Waals surface area (Å²) in [5.74, 6) is -0.0680. The number of anilines is 1. The van der Waals surface area contributed by atoms with Crippen molar-refractivity contribution in [3.8, 4) is 0 Å². The lowest BCUT2D eigenvalue weighted by Crippen LogP contribution is -2.43. The molecule has 3 rings (SSSR count). The topological polar surface area (TPSA) is 103 Å². The van der Waals surface area contributed by atoms with Gasteiger partial charge < -0.3 is 15.8 Å². The Morgan fingerprint density at radius 3 is 2.86 bits per heavy atom. The Morgan fingerprint density at radius 2 is 2.18 bits per heavy atom. The molecule has 0 aliphatic rings. The Bertz CT molecular complexity index is 1100. The second-order valence-corrected chi connectivity index (χ2v) is 6.99. The number of amides is 1. The zero-order chi connectivity index (χ0) is 20.4. The Balaban J connectivity index is 2.25. The van der Waals surface area contributed by atoms with Gasteiger partial charge in [0.05, 0.1) is 12.6 Å². The van der Waals surface area contributed by atoms with Crippen molar-refractivity contribution < 1.29 is 14.1 Å². The summed E-state index contributed by atoms with van der Waals surface area (Å²) in [5.41, 5.74) is 8.25. The average molecular weight is 384 g/mol. The van der Waals surface area contributed by atoms with Gasteiger partial charge in [0, 0.05) is 31.8 Å². The predicted octanol–water partition coefficient (Wildman–Crippen LogP) is 1.20. The number of pyridine rings is 2. The van der Waals surface area contributed by atoms with Crippen LogP contribution in [-0.4, -0.2) is 35.1 Å². The van der Waals surface area contributed by atoms with E-state index in [9.17, 15) is 9.59 Å². The Labute approximate surface area is 163 Å². The van der Waals surface area contributed by atoms with Crippen molar-refractivity contribution >= 4 is 28.4 Å². The van der Waals surface area contributed by atoms with Crippen molar-refractivity contribution in [2.75, 3.05) is 19.4 Å². The molecule has 3 heterocycles. The highest BCUT2D eigenvalue weighted by Gasteiger charge is 2.24. The van der Waals surface area contributed by atoms with Crippen LogP contribution in [-0.2, 0) is 11.3 Å². The van der Waals surface area contributed by atoms with E-state index in [0.29, 0.717) is 36.3 Å². The maximum atomic E-state index is 13.1. The number of rotatable bonds is 6. The molecule has 0 unspecified atom stereocenters. The number of carbonyl (C=O) groups excluding carboxylic acids is 1. The highest BCUT2D eigenvalue weighted by molar-refractivity contribution is 6.00. The molecule has 8 heteroatoms. The van der Waals surface area contributed by atoms with E-state index in [-0.39, 0.29) is 29.0 Å². The van der Waals surface area contributed by atoms with Crippen LogP contribution in [0.3, 0.4) is 0 Å². The third-order valence-electron chi connectivity index (χ3n) is 4.62. The number of aromatic nitrogens is 3. The van der Waals surface area contributed by atoms with Crippen LogP contribution in [0.15, 0.2) is 29.2 Å². The van der Waals surface area contributed by atoms with Gasteiger partial charge in [-0.25, -0.2) is 4.57 Å². The van der Waals surface area contributed by atoms with Crippen LogP contribution in [0.25, 0.3) is 16.7 Å². The number of ether oxygens (including phenoxy) is 1. The summed E-state index contributed by atoms with van der Waals surface area (Å²) in [7, 11) is 1.53. The first kappa shape index (κ1) is 19.8. The molecule has 0 fully saturated rings. The van der Waals surface area contributed by atoms with E-state index in [1.807, 2.05) is 26.8 Å². The normalized spacial score (nSPS) is 11.5. The van der Waals surface area contributed by atoms with Crippen molar-refractivity contribution in [3.05, 3.63) is 45.9 Å². The van der Waals surface area contributed by atoms with Gasteiger partial charge >= 0.3 is 0 Å². The molecular formula is C20H26N5O3+. The maximum absolute atomic E-state index is 13.1. The smallest absolute Gasteiger partial charge is 0.278 e. The summed E-state index contributed by atoms with van der Waals surface area (Å²) in [6, 6.07) is 5.22. The fourth-order valence-electron chi connectivity index (χ4n) is 3.19. The molecule has 0 aliphatic heterocycles. The van der Waals surface area contributed by atoms with Crippen LogP contribution < -0.4 is 21.2 Å². The number of carbonyl (C=O) groups is 1. The molecule has 0 atom stereocenters. The van der Waals surface area contributed by atoms with Gasteiger partial charge in [-0.05, 0) is 32.9 Å². The van der Waals surface area contributed by atoms with Crippen molar-refractivity contribution in [2.24, 2.45) is 0 Å². The standard InChI is InChI=1S/C20H25N5O3/c1-12(2)28-10-6-9-24-16(21)14(19(26)22-4)11-15-18(24)23-17-13(3)7-5-8-25(17)20(15)27/h5,7-8,11-12,21H,6,9-10H2,1-4H3,(H,22,26)/p+1. The van der Waals surface area contributed by atoms with Gasteiger partial charge in [-0.2, -0.15) is 0 Å². The van der Waals surface area contributed by atoms with Crippen molar-refractivity contribution in [1.29, 1.82) is 0 Å². The number of hydrogen-bond donors (Lipinski definition) is 2. The summed E-state index contributed by atoms with van der Waals surface area (Å²) >= 11 is 0. The van der Waals surface area contributed by atoms with Gasteiger partial charge in [0.1, 0.15) is 10.9 Å². The second kappa shape index (κ2) is 7.93. The molecule has 3 aromatic rings. The molecular weight excluding hydrogens is 358 g/mol. The highest BCUT2D eigenvalue weighted by Crippen LogP contribution is 2.16. The zero-order valence-corrected chi connectivity index (χ0v) is 16.7. The number of nitrogens with zero attached hydrogens (tertiary/aromatic N) is 3. The number of hydrogen-bond acceptors (Lipinski definition) is 5. The Morgan fingerprint density at radius 1 is 1.43 bits per heavy atom. The van der Waals surface area contributed by atoms with Crippen LogP contribution in [0.1, 0.15) is 36.2 Å².